The van der Waals surface area contributed by atoms with E-state index in [-0.39, 0.29) is 17.2 Å². The first-order valence-corrected chi connectivity index (χ1v) is 14.9. The average molecular weight is 613 g/mol. The summed E-state index contributed by atoms with van der Waals surface area (Å²) in [5.41, 5.74) is -0.202. The molecule has 0 atom stereocenters. The number of methoxy groups -OCH3 is 1. The molecule has 1 aliphatic rings. The van der Waals surface area contributed by atoms with Crippen LogP contribution in [0, 0.1) is 15.9 Å². The molecule has 0 unspecified atom stereocenters. The zero-order valence-electron chi connectivity index (χ0n) is 23.2. The minimum atomic E-state index is -4.37. The number of aromatic nitrogens is 1. The molecule has 3 aromatic carbocycles. The van der Waals surface area contributed by atoms with Crippen LogP contribution in [0.2, 0.25) is 0 Å². The summed E-state index contributed by atoms with van der Waals surface area (Å²) >= 11 is 0. The van der Waals surface area contributed by atoms with Crippen LogP contribution in [0.1, 0.15) is 6.42 Å². The highest BCUT2D eigenvalue weighted by Gasteiger charge is 2.25. The molecule has 2 heterocycles. The Morgan fingerprint density at radius 1 is 1.05 bits per heavy atom. The Labute approximate surface area is 247 Å². The maximum Gasteiger partial charge on any atom is 0.289 e. The summed E-state index contributed by atoms with van der Waals surface area (Å²) in [5.74, 6) is 0.220. The summed E-state index contributed by atoms with van der Waals surface area (Å²) < 4.78 is 65.6. The topological polar surface area (TPSA) is 142 Å². The third-order valence-electron chi connectivity index (χ3n) is 6.72. The Morgan fingerprint density at radius 3 is 2.58 bits per heavy atom. The smallest absolute Gasteiger partial charge is 0.289 e. The zero-order valence-corrected chi connectivity index (χ0v) is 24.0. The number of nitrogens with zero attached hydrogens (tertiary/aromatic N) is 3. The van der Waals surface area contributed by atoms with Crippen LogP contribution in [0.3, 0.4) is 0 Å². The van der Waals surface area contributed by atoms with Crippen LogP contribution in [0.15, 0.2) is 71.8 Å². The van der Waals surface area contributed by atoms with E-state index in [0.29, 0.717) is 29.0 Å². The van der Waals surface area contributed by atoms with Gasteiger partial charge in [0.1, 0.15) is 5.75 Å². The summed E-state index contributed by atoms with van der Waals surface area (Å²) in [7, 11) is -2.86. The average Bonchev–Trinajstić information content (AvgIpc) is 3.00. The van der Waals surface area contributed by atoms with E-state index in [4.69, 9.17) is 18.9 Å². The van der Waals surface area contributed by atoms with E-state index in [2.05, 4.69) is 14.6 Å². The standard InChI is InChI=1S/C29H29FN4O8S/c1-39-27-18-21-23(19-28(27)41-14-4-11-33-12-15-40-16-13-33)31-10-9-25(21)42-26-8-7-20(17-22(26)30)32-43(37,38)29-6-3-2-5-24(29)34(35)36/h2-3,5-10,17-19,32H,4,11-16H2,1H3. The minimum Gasteiger partial charge on any atom is -0.493 e. The first-order valence-electron chi connectivity index (χ1n) is 13.4. The van der Waals surface area contributed by atoms with Gasteiger partial charge in [-0.3, -0.25) is 24.7 Å². The van der Waals surface area contributed by atoms with Crippen molar-refractivity contribution in [3.05, 3.63) is 82.8 Å². The fraction of sp³-hybridized carbons (Fsp3) is 0.276. The van der Waals surface area contributed by atoms with Crippen molar-refractivity contribution in [3.8, 4) is 23.0 Å². The lowest BCUT2D eigenvalue weighted by Gasteiger charge is -2.26. The number of pyridine rings is 1. The third kappa shape index (κ3) is 7.10. The van der Waals surface area contributed by atoms with Crippen LogP contribution in [-0.2, 0) is 14.8 Å². The fourth-order valence-corrected chi connectivity index (χ4v) is 5.82. The molecule has 0 radical (unpaired) electrons. The van der Waals surface area contributed by atoms with E-state index in [0.717, 1.165) is 57.5 Å². The Hall–Kier alpha value is -4.53. The predicted octanol–water partition coefficient (Wildman–Crippen LogP) is 4.98. The molecule has 4 aromatic rings. The number of para-hydroxylation sites is 1. The van der Waals surface area contributed by atoms with Gasteiger partial charge < -0.3 is 18.9 Å². The molecule has 0 amide bonds. The number of ether oxygens (including phenoxy) is 4. The molecular formula is C29H29FN4O8S. The van der Waals surface area contributed by atoms with Crippen LogP contribution in [-0.4, -0.2) is 69.8 Å². The van der Waals surface area contributed by atoms with Crippen LogP contribution in [0.4, 0.5) is 15.8 Å². The molecule has 5 rings (SSSR count). The van der Waals surface area contributed by atoms with E-state index >= 15 is 4.39 Å². The Morgan fingerprint density at radius 2 is 1.84 bits per heavy atom. The summed E-state index contributed by atoms with van der Waals surface area (Å²) in [6.45, 7) is 4.67. The summed E-state index contributed by atoms with van der Waals surface area (Å²) in [6.07, 6.45) is 2.34. The number of fused-ring (bicyclic) bond motifs is 1. The maximum absolute atomic E-state index is 15.1. The van der Waals surface area contributed by atoms with Gasteiger partial charge in [0.2, 0.25) is 0 Å². The zero-order chi connectivity index (χ0) is 30.4. The van der Waals surface area contributed by atoms with E-state index < -0.39 is 31.3 Å². The van der Waals surface area contributed by atoms with Gasteiger partial charge in [0.15, 0.2) is 28.0 Å². The summed E-state index contributed by atoms with van der Waals surface area (Å²) in [4.78, 5) is 16.6. The third-order valence-corrected chi connectivity index (χ3v) is 8.15. The van der Waals surface area contributed by atoms with Gasteiger partial charge in [0.05, 0.1) is 43.1 Å². The quantitative estimate of drug-likeness (QED) is 0.132. The molecule has 226 valence electrons. The number of hydrogen-bond donors (Lipinski definition) is 1. The number of morpholine rings is 1. The minimum absolute atomic E-state index is 0.139. The van der Waals surface area contributed by atoms with Crippen molar-refractivity contribution in [2.75, 3.05) is 51.3 Å². The molecule has 1 fully saturated rings. The number of rotatable bonds is 12. The number of halogens is 1. The predicted molar refractivity (Wildman–Crippen MR) is 156 cm³/mol. The van der Waals surface area contributed by atoms with Gasteiger partial charge >= 0.3 is 0 Å². The Bertz CT molecular complexity index is 1730. The highest BCUT2D eigenvalue weighted by atomic mass is 32.2. The van der Waals surface area contributed by atoms with Gasteiger partial charge in [0, 0.05) is 49.4 Å². The van der Waals surface area contributed by atoms with Crippen LogP contribution in [0.25, 0.3) is 10.9 Å². The van der Waals surface area contributed by atoms with Crippen molar-refractivity contribution in [3.63, 3.8) is 0 Å². The van der Waals surface area contributed by atoms with Crippen LogP contribution in [0.5, 0.6) is 23.0 Å². The highest BCUT2D eigenvalue weighted by molar-refractivity contribution is 7.92. The van der Waals surface area contributed by atoms with E-state index in [1.807, 2.05) is 0 Å². The van der Waals surface area contributed by atoms with Gasteiger partial charge in [-0.1, -0.05) is 12.1 Å². The van der Waals surface area contributed by atoms with Crippen LogP contribution >= 0.6 is 0 Å². The molecule has 43 heavy (non-hydrogen) atoms. The molecule has 0 spiro atoms. The van der Waals surface area contributed by atoms with Crippen molar-refractivity contribution in [2.45, 2.75) is 11.3 Å². The SMILES string of the molecule is COc1cc2c(Oc3ccc(NS(=O)(=O)c4ccccc4[N+](=O)[O-])cc3F)ccnc2cc1OCCCN1CCOCC1. The first kappa shape index (κ1) is 29.9. The molecule has 1 aliphatic heterocycles. The number of nitro groups is 1. The molecule has 0 aliphatic carbocycles. The van der Waals surface area contributed by atoms with Gasteiger partial charge in [-0.25, -0.2) is 12.8 Å². The van der Waals surface area contributed by atoms with E-state index in [9.17, 15) is 18.5 Å². The number of nitrogens with one attached hydrogen (secondary N) is 1. The second kappa shape index (κ2) is 13.2. The first-order chi connectivity index (χ1) is 20.7. The molecule has 0 saturated carbocycles. The van der Waals surface area contributed by atoms with Crippen molar-refractivity contribution in [2.24, 2.45) is 0 Å². The lowest BCUT2D eigenvalue weighted by atomic mass is 10.1. The Balaban J connectivity index is 1.31. The number of sulfonamides is 1. The van der Waals surface area contributed by atoms with Crippen molar-refractivity contribution < 1.29 is 36.7 Å². The van der Waals surface area contributed by atoms with Crippen LogP contribution < -0.4 is 18.9 Å². The molecule has 0 bridgehead atoms. The number of nitro benzene ring substituents is 1. The highest BCUT2D eigenvalue weighted by Crippen LogP contribution is 2.38. The number of hydrogen-bond acceptors (Lipinski definition) is 10. The maximum atomic E-state index is 15.1. The van der Waals surface area contributed by atoms with Crippen molar-refractivity contribution in [1.82, 2.24) is 9.88 Å². The van der Waals surface area contributed by atoms with Gasteiger partial charge in [-0.05, 0) is 36.8 Å². The summed E-state index contributed by atoms with van der Waals surface area (Å²) in [6, 6.07) is 13.3. The van der Waals surface area contributed by atoms with Crippen molar-refractivity contribution >= 4 is 32.3 Å². The van der Waals surface area contributed by atoms with Gasteiger partial charge in [-0.15, -0.1) is 0 Å². The van der Waals surface area contributed by atoms with E-state index in [1.165, 1.54) is 37.6 Å². The monoisotopic (exact) mass is 612 g/mol. The normalized spacial score (nSPS) is 13.9. The largest absolute Gasteiger partial charge is 0.493 e. The molecule has 1 saturated heterocycles. The Kier molecular flexibility index (Phi) is 9.19. The number of anilines is 1. The second-order valence-corrected chi connectivity index (χ2v) is 11.2. The van der Waals surface area contributed by atoms with E-state index in [1.54, 1.807) is 18.2 Å². The molecule has 1 N–H and O–H groups in total. The van der Waals surface area contributed by atoms with Gasteiger partial charge in [0.25, 0.3) is 15.7 Å². The van der Waals surface area contributed by atoms with Gasteiger partial charge in [-0.2, -0.15) is 0 Å². The second-order valence-electron chi connectivity index (χ2n) is 9.56. The molecule has 12 nitrogen and oxygen atoms in total. The van der Waals surface area contributed by atoms with Crippen molar-refractivity contribution in [1.29, 1.82) is 0 Å². The fourth-order valence-electron chi connectivity index (χ4n) is 4.60. The molecule has 14 heteroatoms. The molecule has 1 aromatic heterocycles. The lowest BCUT2D eigenvalue weighted by molar-refractivity contribution is -0.387. The lowest BCUT2D eigenvalue weighted by Crippen LogP contribution is -2.37. The number of benzene rings is 3. The molecular weight excluding hydrogens is 583 g/mol. The summed E-state index contributed by atoms with van der Waals surface area (Å²) in [5, 5.41) is 11.8.